The van der Waals surface area contributed by atoms with Gasteiger partial charge in [0.05, 0.1) is 19.0 Å². The van der Waals surface area contributed by atoms with Gasteiger partial charge >= 0.3 is 0 Å². The second-order valence-corrected chi connectivity index (χ2v) is 4.16. The van der Waals surface area contributed by atoms with E-state index < -0.39 is 0 Å². The van der Waals surface area contributed by atoms with Gasteiger partial charge in [-0.3, -0.25) is 0 Å². The molecule has 0 bridgehead atoms. The third-order valence-electron chi connectivity index (χ3n) is 2.58. The van der Waals surface area contributed by atoms with Crippen LogP contribution in [0.2, 0.25) is 0 Å². The van der Waals surface area contributed by atoms with E-state index in [1.165, 1.54) is 0 Å². The van der Waals surface area contributed by atoms with Crippen LogP contribution in [0.3, 0.4) is 0 Å². The Labute approximate surface area is 117 Å². The van der Waals surface area contributed by atoms with Crippen LogP contribution in [0.1, 0.15) is 5.56 Å². The van der Waals surface area contributed by atoms with E-state index in [9.17, 15) is 0 Å². The van der Waals surface area contributed by atoms with Crippen molar-refractivity contribution in [3.63, 3.8) is 0 Å². The molecule has 1 aromatic carbocycles. The summed E-state index contributed by atoms with van der Waals surface area (Å²) in [7, 11) is 1.63. The summed E-state index contributed by atoms with van der Waals surface area (Å²) in [5, 5.41) is 13.9. The van der Waals surface area contributed by atoms with E-state index in [4.69, 9.17) is 4.74 Å². The van der Waals surface area contributed by atoms with Crippen molar-refractivity contribution in [2.24, 2.45) is 0 Å². The molecule has 0 aliphatic carbocycles. The molecule has 2 rings (SSSR count). The summed E-state index contributed by atoms with van der Waals surface area (Å²) in [6.07, 6.45) is 3.29. The van der Waals surface area contributed by atoms with Crippen LogP contribution in [0.5, 0.6) is 5.75 Å². The minimum atomic E-state index is 0.446. The molecule has 0 radical (unpaired) electrons. The Balaban J connectivity index is 2.21. The quantitative estimate of drug-likeness (QED) is 0.787. The number of anilines is 3. The van der Waals surface area contributed by atoms with Crippen LogP contribution in [0.4, 0.5) is 17.5 Å². The number of aryl methyl sites for hydroxylation is 1. The predicted octanol–water partition coefficient (Wildman–Crippen LogP) is 2.53. The van der Waals surface area contributed by atoms with Gasteiger partial charge in [0.15, 0.2) is 5.82 Å². The lowest BCUT2D eigenvalue weighted by Gasteiger charge is -2.11. The molecule has 0 saturated heterocycles. The van der Waals surface area contributed by atoms with E-state index in [2.05, 4.69) is 32.4 Å². The first-order valence-corrected chi connectivity index (χ1v) is 6.19. The Morgan fingerprint density at radius 2 is 2.25 bits per heavy atom. The van der Waals surface area contributed by atoms with Crippen LogP contribution in [-0.2, 0) is 0 Å². The highest BCUT2D eigenvalue weighted by atomic mass is 16.5. The van der Waals surface area contributed by atoms with Crippen LogP contribution in [0.25, 0.3) is 0 Å². The lowest BCUT2D eigenvalue weighted by molar-refractivity contribution is 0.416. The molecule has 6 nitrogen and oxygen atoms in total. The van der Waals surface area contributed by atoms with Gasteiger partial charge < -0.3 is 15.4 Å². The zero-order chi connectivity index (χ0) is 14.4. The molecule has 0 spiro atoms. The molecule has 0 amide bonds. The average molecular weight is 271 g/mol. The van der Waals surface area contributed by atoms with E-state index in [1.54, 1.807) is 19.4 Å². The normalized spacial score (nSPS) is 9.90. The molecule has 0 unspecified atom stereocenters. The smallest absolute Gasteiger partial charge is 0.244 e. The Hall–Kier alpha value is -2.63. The number of benzene rings is 1. The second-order valence-electron chi connectivity index (χ2n) is 4.16. The number of nitrogens with one attached hydrogen (secondary N) is 2. The molecular formula is C14H17N5O. The lowest BCUT2D eigenvalue weighted by atomic mass is 10.2. The monoisotopic (exact) mass is 271 g/mol. The second kappa shape index (κ2) is 6.51. The predicted molar refractivity (Wildman–Crippen MR) is 79.5 cm³/mol. The average Bonchev–Trinajstić information content (AvgIpc) is 2.46. The van der Waals surface area contributed by atoms with Crippen molar-refractivity contribution in [1.29, 1.82) is 0 Å². The Bertz CT molecular complexity index is 600. The fraction of sp³-hybridized carbons (Fsp3) is 0.214. The van der Waals surface area contributed by atoms with Gasteiger partial charge in [-0.1, -0.05) is 12.1 Å². The molecule has 0 aliphatic rings. The number of hydrogen-bond donors (Lipinski definition) is 2. The number of rotatable bonds is 6. The van der Waals surface area contributed by atoms with Gasteiger partial charge in [-0.2, -0.15) is 10.1 Å². The highest BCUT2D eigenvalue weighted by Gasteiger charge is 2.05. The maximum Gasteiger partial charge on any atom is 0.244 e. The summed E-state index contributed by atoms with van der Waals surface area (Å²) in [4.78, 5) is 4.31. The molecular weight excluding hydrogens is 254 g/mol. The van der Waals surface area contributed by atoms with Gasteiger partial charge in [0.1, 0.15) is 5.75 Å². The summed E-state index contributed by atoms with van der Waals surface area (Å²) in [6.45, 7) is 6.22. The summed E-state index contributed by atoms with van der Waals surface area (Å²) in [5.74, 6) is 1.78. The van der Waals surface area contributed by atoms with Crippen molar-refractivity contribution in [2.75, 3.05) is 24.3 Å². The third-order valence-corrected chi connectivity index (χ3v) is 2.58. The third kappa shape index (κ3) is 3.44. The van der Waals surface area contributed by atoms with Crippen molar-refractivity contribution in [2.45, 2.75) is 6.92 Å². The lowest BCUT2D eigenvalue weighted by Crippen LogP contribution is -2.06. The number of hydrogen-bond acceptors (Lipinski definition) is 6. The van der Waals surface area contributed by atoms with E-state index in [0.29, 0.717) is 18.3 Å². The van der Waals surface area contributed by atoms with Crippen molar-refractivity contribution in [1.82, 2.24) is 15.2 Å². The molecule has 2 aromatic rings. The van der Waals surface area contributed by atoms with Crippen LogP contribution in [0, 0.1) is 6.92 Å². The first kappa shape index (κ1) is 13.8. The number of aromatic nitrogens is 3. The van der Waals surface area contributed by atoms with Gasteiger partial charge in [0.2, 0.25) is 5.95 Å². The molecule has 6 heteroatoms. The Morgan fingerprint density at radius 1 is 1.40 bits per heavy atom. The van der Waals surface area contributed by atoms with E-state index in [0.717, 1.165) is 17.0 Å². The topological polar surface area (TPSA) is 72.0 Å². The zero-order valence-electron chi connectivity index (χ0n) is 11.6. The molecule has 0 saturated carbocycles. The molecule has 1 heterocycles. The summed E-state index contributed by atoms with van der Waals surface area (Å²) < 4.78 is 5.31. The molecule has 104 valence electrons. The largest absolute Gasteiger partial charge is 0.495 e. The minimum absolute atomic E-state index is 0.446. The Morgan fingerprint density at radius 3 is 3.00 bits per heavy atom. The van der Waals surface area contributed by atoms with E-state index in [-0.39, 0.29) is 0 Å². The molecule has 20 heavy (non-hydrogen) atoms. The first-order valence-electron chi connectivity index (χ1n) is 6.19. The maximum atomic E-state index is 5.31. The van der Waals surface area contributed by atoms with Crippen LogP contribution in [0.15, 0.2) is 37.1 Å². The molecule has 0 fully saturated rings. The Kier molecular flexibility index (Phi) is 4.49. The van der Waals surface area contributed by atoms with Gasteiger partial charge in [0.25, 0.3) is 0 Å². The molecule has 0 atom stereocenters. The zero-order valence-corrected chi connectivity index (χ0v) is 11.6. The number of methoxy groups -OCH3 is 1. The molecule has 0 aliphatic heterocycles. The van der Waals surface area contributed by atoms with Crippen molar-refractivity contribution in [3.05, 3.63) is 42.6 Å². The highest BCUT2D eigenvalue weighted by Crippen LogP contribution is 2.27. The van der Waals surface area contributed by atoms with Crippen molar-refractivity contribution < 1.29 is 4.74 Å². The number of nitrogens with zero attached hydrogens (tertiary/aromatic N) is 3. The van der Waals surface area contributed by atoms with Crippen LogP contribution >= 0.6 is 0 Å². The molecule has 1 aromatic heterocycles. The van der Waals surface area contributed by atoms with Gasteiger partial charge in [-0.15, -0.1) is 11.7 Å². The fourth-order valence-electron chi connectivity index (χ4n) is 1.66. The van der Waals surface area contributed by atoms with E-state index >= 15 is 0 Å². The fourth-order valence-corrected chi connectivity index (χ4v) is 1.66. The van der Waals surface area contributed by atoms with Gasteiger partial charge in [0, 0.05) is 6.54 Å². The van der Waals surface area contributed by atoms with Crippen molar-refractivity contribution in [3.8, 4) is 5.75 Å². The van der Waals surface area contributed by atoms with Crippen LogP contribution in [-0.4, -0.2) is 28.8 Å². The minimum Gasteiger partial charge on any atom is -0.495 e. The molecule has 2 N–H and O–H groups in total. The SMILES string of the molecule is C=CCNc1nncc(Nc2cc(C)ccc2OC)n1. The highest BCUT2D eigenvalue weighted by molar-refractivity contribution is 5.65. The van der Waals surface area contributed by atoms with Gasteiger partial charge in [-0.05, 0) is 24.6 Å². The maximum absolute atomic E-state index is 5.31. The summed E-state index contributed by atoms with van der Waals surface area (Å²) in [5.41, 5.74) is 1.96. The summed E-state index contributed by atoms with van der Waals surface area (Å²) in [6, 6.07) is 5.88. The van der Waals surface area contributed by atoms with Crippen molar-refractivity contribution >= 4 is 17.5 Å². The van der Waals surface area contributed by atoms with E-state index in [1.807, 2.05) is 25.1 Å². The first-order chi connectivity index (χ1) is 9.72. The van der Waals surface area contributed by atoms with Gasteiger partial charge in [-0.25, -0.2) is 0 Å². The number of ether oxygens (including phenoxy) is 1. The standard InChI is InChI=1S/C14H17N5O/c1-4-7-15-14-18-13(9-16-19-14)17-11-8-10(2)5-6-12(11)20-3/h4-6,8-9H,1,7H2,2-3H3,(H2,15,17,18,19). The summed E-state index contributed by atoms with van der Waals surface area (Å²) >= 11 is 0. The van der Waals surface area contributed by atoms with Crippen LogP contribution < -0.4 is 15.4 Å².